The zero-order valence-electron chi connectivity index (χ0n) is 8.68. The van der Waals surface area contributed by atoms with Crippen molar-refractivity contribution in [1.82, 2.24) is 5.32 Å². The van der Waals surface area contributed by atoms with Crippen LogP contribution in [0.4, 0.5) is 0 Å². The Morgan fingerprint density at radius 1 is 1.54 bits per heavy atom. The minimum Gasteiger partial charge on any atom is -0.394 e. The Morgan fingerprint density at radius 3 is 2.62 bits per heavy atom. The van der Waals surface area contributed by atoms with E-state index in [-0.39, 0.29) is 12.1 Å². The zero-order chi connectivity index (χ0) is 9.73. The molecular weight excluding hydrogens is 182 g/mol. The molecule has 3 heteroatoms. The molecule has 0 aliphatic heterocycles. The average molecular weight is 203 g/mol. The molecule has 2 nitrogen and oxygen atoms in total. The third kappa shape index (κ3) is 2.86. The summed E-state index contributed by atoms with van der Waals surface area (Å²) in [6, 6.07) is 0. The molecule has 0 aromatic heterocycles. The Bertz CT molecular complexity index is 144. The van der Waals surface area contributed by atoms with Gasteiger partial charge in [-0.25, -0.2) is 0 Å². The Balaban J connectivity index is 2.35. The number of nitrogens with one attached hydrogen (secondary N) is 1. The van der Waals surface area contributed by atoms with Gasteiger partial charge in [-0.05, 0) is 38.0 Å². The van der Waals surface area contributed by atoms with Crippen LogP contribution in [-0.4, -0.2) is 35.8 Å². The van der Waals surface area contributed by atoms with Crippen LogP contribution in [0, 0.1) is 5.92 Å². The number of thioether (sulfide) groups is 1. The summed E-state index contributed by atoms with van der Waals surface area (Å²) >= 11 is 1.96. The fourth-order valence-corrected chi connectivity index (χ4v) is 2.95. The summed E-state index contributed by atoms with van der Waals surface area (Å²) in [4.78, 5) is 0. The van der Waals surface area contributed by atoms with Crippen molar-refractivity contribution in [1.29, 1.82) is 0 Å². The van der Waals surface area contributed by atoms with Crippen LogP contribution in [-0.2, 0) is 0 Å². The quantitative estimate of drug-likeness (QED) is 0.615. The number of hydrogen-bond donors (Lipinski definition) is 2. The Morgan fingerprint density at radius 2 is 2.23 bits per heavy atom. The molecule has 0 aromatic carbocycles. The van der Waals surface area contributed by atoms with E-state index in [4.69, 9.17) is 0 Å². The molecule has 1 rings (SSSR count). The van der Waals surface area contributed by atoms with Crippen molar-refractivity contribution in [2.24, 2.45) is 5.92 Å². The van der Waals surface area contributed by atoms with Gasteiger partial charge in [0.25, 0.3) is 0 Å². The molecular formula is C10H21NOS. The minimum absolute atomic E-state index is 0.0137. The average Bonchev–Trinajstić information content (AvgIpc) is 2.97. The van der Waals surface area contributed by atoms with E-state index in [0.29, 0.717) is 5.92 Å². The first-order chi connectivity index (χ1) is 6.29. The van der Waals surface area contributed by atoms with Crippen molar-refractivity contribution < 1.29 is 5.11 Å². The first-order valence-corrected chi connectivity index (χ1v) is 6.32. The predicted octanol–water partition coefficient (Wildman–Crippen LogP) is 1.49. The molecule has 1 aliphatic carbocycles. The molecule has 0 saturated heterocycles. The molecule has 1 saturated carbocycles. The van der Waals surface area contributed by atoms with Gasteiger partial charge in [0.05, 0.1) is 12.1 Å². The van der Waals surface area contributed by atoms with E-state index in [2.05, 4.69) is 12.2 Å². The maximum absolute atomic E-state index is 9.41. The molecule has 0 heterocycles. The van der Waals surface area contributed by atoms with E-state index in [9.17, 15) is 5.11 Å². The largest absolute Gasteiger partial charge is 0.394 e. The lowest BCUT2D eigenvalue weighted by Crippen LogP contribution is -2.51. The van der Waals surface area contributed by atoms with Gasteiger partial charge in [0.15, 0.2) is 0 Å². The van der Waals surface area contributed by atoms with Gasteiger partial charge in [0, 0.05) is 5.75 Å². The van der Waals surface area contributed by atoms with Crippen LogP contribution >= 0.6 is 11.8 Å². The molecule has 0 spiro atoms. The molecule has 1 aliphatic rings. The van der Waals surface area contributed by atoms with Crippen LogP contribution < -0.4 is 5.32 Å². The topological polar surface area (TPSA) is 32.3 Å². The van der Waals surface area contributed by atoms with Crippen LogP contribution in [0.2, 0.25) is 0 Å². The van der Waals surface area contributed by atoms with Gasteiger partial charge in [-0.3, -0.25) is 0 Å². The van der Waals surface area contributed by atoms with E-state index < -0.39 is 0 Å². The van der Waals surface area contributed by atoms with Crippen LogP contribution in [0.5, 0.6) is 0 Å². The van der Waals surface area contributed by atoms with E-state index >= 15 is 0 Å². The molecule has 1 unspecified atom stereocenters. The van der Waals surface area contributed by atoms with Gasteiger partial charge in [-0.1, -0.05) is 6.92 Å². The van der Waals surface area contributed by atoms with Gasteiger partial charge in [0.1, 0.15) is 0 Å². The van der Waals surface area contributed by atoms with Gasteiger partial charge in [-0.15, -0.1) is 0 Å². The highest BCUT2D eigenvalue weighted by atomic mass is 32.2. The smallest absolute Gasteiger partial charge is 0.0624 e. The predicted molar refractivity (Wildman–Crippen MR) is 59.2 cm³/mol. The fourth-order valence-electron chi connectivity index (χ4n) is 1.68. The normalized spacial score (nSPS) is 21.5. The number of likely N-dealkylation sites (N-methyl/N-ethyl adjacent to an activating group) is 1. The monoisotopic (exact) mass is 203 g/mol. The van der Waals surface area contributed by atoms with Crippen molar-refractivity contribution in [3.63, 3.8) is 0 Å². The molecule has 78 valence electrons. The van der Waals surface area contributed by atoms with Crippen molar-refractivity contribution in [3.8, 4) is 0 Å². The molecule has 0 bridgehead atoms. The van der Waals surface area contributed by atoms with Crippen LogP contribution in [0.25, 0.3) is 0 Å². The van der Waals surface area contributed by atoms with Gasteiger partial charge < -0.3 is 10.4 Å². The summed E-state index contributed by atoms with van der Waals surface area (Å²) in [7, 11) is 1.97. The van der Waals surface area contributed by atoms with E-state index in [1.54, 1.807) is 0 Å². The van der Waals surface area contributed by atoms with Crippen molar-refractivity contribution in [3.05, 3.63) is 0 Å². The third-order valence-corrected chi connectivity index (χ3v) is 4.26. The fraction of sp³-hybridized carbons (Fsp3) is 1.00. The summed E-state index contributed by atoms with van der Waals surface area (Å²) in [5.74, 6) is 2.97. The van der Waals surface area contributed by atoms with E-state index in [0.717, 1.165) is 5.75 Å². The third-order valence-electron chi connectivity index (χ3n) is 2.85. The molecule has 0 radical (unpaired) electrons. The molecule has 2 N–H and O–H groups in total. The number of hydrogen-bond acceptors (Lipinski definition) is 3. The Labute approximate surface area is 85.5 Å². The maximum Gasteiger partial charge on any atom is 0.0624 e. The highest BCUT2D eigenvalue weighted by Crippen LogP contribution is 2.40. The summed E-state index contributed by atoms with van der Waals surface area (Å²) in [5.41, 5.74) is 0.0137. The lowest BCUT2D eigenvalue weighted by atomic mass is 9.97. The maximum atomic E-state index is 9.41. The lowest BCUT2D eigenvalue weighted by Gasteiger charge is -2.31. The van der Waals surface area contributed by atoms with Gasteiger partial charge in [0.2, 0.25) is 0 Å². The SMILES string of the molecule is CCCSCC(CO)(NC)C1CC1. The summed E-state index contributed by atoms with van der Waals surface area (Å²) < 4.78 is 0. The second-order valence-electron chi connectivity index (χ2n) is 3.89. The lowest BCUT2D eigenvalue weighted by molar-refractivity contribution is 0.167. The number of aliphatic hydroxyl groups excluding tert-OH is 1. The molecule has 1 fully saturated rings. The zero-order valence-corrected chi connectivity index (χ0v) is 9.49. The van der Waals surface area contributed by atoms with Gasteiger partial charge >= 0.3 is 0 Å². The first-order valence-electron chi connectivity index (χ1n) is 5.16. The summed E-state index contributed by atoms with van der Waals surface area (Å²) in [6.07, 6.45) is 3.79. The van der Waals surface area contributed by atoms with Crippen LogP contribution in [0.15, 0.2) is 0 Å². The Kier molecular flexibility index (Phi) is 4.56. The highest BCUT2D eigenvalue weighted by molar-refractivity contribution is 7.99. The van der Waals surface area contributed by atoms with Gasteiger partial charge in [-0.2, -0.15) is 11.8 Å². The second kappa shape index (κ2) is 5.23. The summed E-state index contributed by atoms with van der Waals surface area (Å²) in [6.45, 7) is 2.48. The van der Waals surface area contributed by atoms with E-state index in [1.807, 2.05) is 18.8 Å². The standard InChI is InChI=1S/C10H21NOS/c1-3-6-13-8-10(7-12,11-2)9-4-5-9/h9,11-12H,3-8H2,1-2H3. The number of aliphatic hydroxyl groups is 1. The minimum atomic E-state index is 0.0137. The second-order valence-corrected chi connectivity index (χ2v) is 5.00. The molecule has 1 atom stereocenters. The molecule has 0 aromatic rings. The van der Waals surface area contributed by atoms with Crippen molar-refractivity contribution in [2.45, 2.75) is 31.7 Å². The molecule has 0 amide bonds. The number of rotatable bonds is 7. The van der Waals surface area contributed by atoms with Crippen molar-refractivity contribution >= 4 is 11.8 Å². The van der Waals surface area contributed by atoms with Crippen LogP contribution in [0.1, 0.15) is 26.2 Å². The highest BCUT2D eigenvalue weighted by Gasteiger charge is 2.43. The first kappa shape index (κ1) is 11.3. The van der Waals surface area contributed by atoms with Crippen LogP contribution in [0.3, 0.4) is 0 Å². The molecule has 13 heavy (non-hydrogen) atoms. The Hall–Kier alpha value is 0.270. The summed E-state index contributed by atoms with van der Waals surface area (Å²) in [5, 5.41) is 12.7. The van der Waals surface area contributed by atoms with Crippen molar-refractivity contribution in [2.75, 3.05) is 25.2 Å². The van der Waals surface area contributed by atoms with E-state index in [1.165, 1.54) is 25.0 Å².